The van der Waals surface area contributed by atoms with Gasteiger partial charge in [-0.3, -0.25) is 0 Å². The third-order valence-corrected chi connectivity index (χ3v) is 7.09. The zero-order valence-electron chi connectivity index (χ0n) is 16.3. The van der Waals surface area contributed by atoms with Crippen LogP contribution in [0.15, 0.2) is 18.3 Å². The molecule has 0 fully saturated rings. The molecule has 0 spiro atoms. The molecule has 146 valence electrons. The van der Waals surface area contributed by atoms with E-state index in [2.05, 4.69) is 35.1 Å². The van der Waals surface area contributed by atoms with E-state index in [4.69, 9.17) is 4.74 Å². The quantitative estimate of drug-likeness (QED) is 0.772. The van der Waals surface area contributed by atoms with Crippen molar-refractivity contribution < 1.29 is 9.53 Å². The highest BCUT2D eigenvalue weighted by atomic mass is 32.1. The Morgan fingerprint density at radius 1 is 1.33 bits per heavy atom. The summed E-state index contributed by atoms with van der Waals surface area (Å²) in [6.45, 7) is 4.19. The first-order chi connectivity index (χ1) is 13.2. The second-order valence-corrected chi connectivity index (χ2v) is 8.51. The molecule has 4 rings (SSSR count). The van der Waals surface area contributed by atoms with E-state index in [1.807, 2.05) is 16.2 Å². The van der Waals surface area contributed by atoms with Gasteiger partial charge in [0.05, 0.1) is 12.6 Å². The van der Waals surface area contributed by atoms with Crippen molar-refractivity contribution in [2.24, 2.45) is 0 Å². The summed E-state index contributed by atoms with van der Waals surface area (Å²) < 4.78 is 7.44. The van der Waals surface area contributed by atoms with E-state index in [9.17, 15) is 4.79 Å². The molecule has 0 saturated carbocycles. The fraction of sp³-hybridized carbons (Fsp3) is 0.571. The summed E-state index contributed by atoms with van der Waals surface area (Å²) >= 11 is 1.94. The Kier molecular flexibility index (Phi) is 5.55. The standard InChI is InChI=1S/C21H29N3O2S/c1-3-17-18-9-6-12-23(18)20-16(15-8-4-5-10-19(15)27-20)14-24(17)21(25)22-11-7-13-26-2/h6,9,12,17H,3-5,7-8,10-11,13-14H2,1-2H3,(H,22,25)/t17-/m0/s1. The lowest BCUT2D eigenvalue weighted by Crippen LogP contribution is -2.42. The maximum atomic E-state index is 13.1. The van der Waals surface area contributed by atoms with Gasteiger partial charge in [-0.15, -0.1) is 11.3 Å². The number of methoxy groups -OCH3 is 1. The van der Waals surface area contributed by atoms with Crippen molar-refractivity contribution in [1.82, 2.24) is 14.8 Å². The number of fused-ring (bicyclic) bond motifs is 5. The highest BCUT2D eigenvalue weighted by Gasteiger charge is 2.34. The van der Waals surface area contributed by atoms with E-state index in [0.717, 1.165) is 19.3 Å². The van der Waals surface area contributed by atoms with Gasteiger partial charge in [0, 0.05) is 42.6 Å². The van der Waals surface area contributed by atoms with Crippen LogP contribution in [0.2, 0.25) is 0 Å². The minimum absolute atomic E-state index is 0.0364. The van der Waals surface area contributed by atoms with Gasteiger partial charge in [-0.1, -0.05) is 6.92 Å². The van der Waals surface area contributed by atoms with Gasteiger partial charge in [0.15, 0.2) is 0 Å². The molecule has 1 aliphatic heterocycles. The fourth-order valence-electron chi connectivity index (χ4n) is 4.42. The second-order valence-electron chi connectivity index (χ2n) is 7.43. The van der Waals surface area contributed by atoms with Crippen LogP contribution in [0.25, 0.3) is 5.00 Å². The summed E-state index contributed by atoms with van der Waals surface area (Å²) in [5, 5.41) is 4.44. The zero-order chi connectivity index (χ0) is 18.8. The average molecular weight is 388 g/mol. The van der Waals surface area contributed by atoms with Crippen LogP contribution < -0.4 is 5.32 Å². The highest BCUT2D eigenvalue weighted by Crippen LogP contribution is 2.42. The number of amides is 2. The highest BCUT2D eigenvalue weighted by molar-refractivity contribution is 7.15. The van der Waals surface area contributed by atoms with E-state index in [0.29, 0.717) is 19.7 Å². The molecule has 27 heavy (non-hydrogen) atoms. The SMILES string of the molecule is CC[C@H]1c2cccn2-c2sc3c(c2CN1C(=O)NCCCOC)CCCC3. The predicted molar refractivity (Wildman–Crippen MR) is 109 cm³/mol. The van der Waals surface area contributed by atoms with Crippen molar-refractivity contribution in [3.05, 3.63) is 40.0 Å². The molecule has 0 unspecified atom stereocenters. The molecule has 0 bridgehead atoms. The van der Waals surface area contributed by atoms with Crippen LogP contribution in [0.3, 0.4) is 0 Å². The number of carbonyl (C=O) groups excluding carboxylic acids is 1. The number of thiophene rings is 1. The Bertz CT molecular complexity index is 810. The lowest BCUT2D eigenvalue weighted by atomic mass is 9.95. The van der Waals surface area contributed by atoms with Gasteiger partial charge in [-0.2, -0.15) is 0 Å². The zero-order valence-corrected chi connectivity index (χ0v) is 17.1. The largest absolute Gasteiger partial charge is 0.385 e. The lowest BCUT2D eigenvalue weighted by Gasteiger charge is -2.30. The molecule has 2 aliphatic rings. The lowest BCUT2D eigenvalue weighted by molar-refractivity contribution is 0.164. The van der Waals surface area contributed by atoms with Gasteiger partial charge < -0.3 is 19.5 Å². The number of aryl methyl sites for hydroxylation is 1. The number of nitrogens with one attached hydrogen (secondary N) is 1. The molecule has 1 N–H and O–H groups in total. The Morgan fingerprint density at radius 3 is 3.00 bits per heavy atom. The second kappa shape index (κ2) is 8.07. The molecule has 1 aliphatic carbocycles. The number of aromatic nitrogens is 1. The van der Waals surface area contributed by atoms with Crippen LogP contribution in [-0.2, 0) is 24.1 Å². The molecule has 3 heterocycles. The first-order valence-electron chi connectivity index (χ1n) is 10.1. The van der Waals surface area contributed by atoms with E-state index < -0.39 is 0 Å². The smallest absolute Gasteiger partial charge is 0.318 e. The van der Waals surface area contributed by atoms with Crippen molar-refractivity contribution >= 4 is 17.4 Å². The molecule has 5 nitrogen and oxygen atoms in total. The molecule has 6 heteroatoms. The third-order valence-electron chi connectivity index (χ3n) is 5.75. The van der Waals surface area contributed by atoms with Crippen LogP contribution >= 0.6 is 11.3 Å². The summed E-state index contributed by atoms with van der Waals surface area (Å²) in [5.74, 6) is 0. The van der Waals surface area contributed by atoms with E-state index >= 15 is 0 Å². The first-order valence-corrected chi connectivity index (χ1v) is 10.9. The van der Waals surface area contributed by atoms with Crippen LogP contribution in [0.5, 0.6) is 0 Å². The number of hydrogen-bond acceptors (Lipinski definition) is 3. The van der Waals surface area contributed by atoms with Crippen molar-refractivity contribution in [3.63, 3.8) is 0 Å². The summed E-state index contributed by atoms with van der Waals surface area (Å²) in [5.41, 5.74) is 4.10. The predicted octanol–water partition coefficient (Wildman–Crippen LogP) is 4.43. The van der Waals surface area contributed by atoms with Crippen LogP contribution in [-0.4, -0.2) is 35.8 Å². The van der Waals surface area contributed by atoms with E-state index in [1.54, 1.807) is 7.11 Å². The van der Waals surface area contributed by atoms with E-state index in [-0.39, 0.29) is 12.1 Å². The van der Waals surface area contributed by atoms with Crippen LogP contribution in [0.4, 0.5) is 4.79 Å². The van der Waals surface area contributed by atoms with Crippen molar-refractivity contribution in [1.29, 1.82) is 0 Å². The third kappa shape index (κ3) is 3.41. The fourth-order valence-corrected chi connectivity index (χ4v) is 5.83. The Morgan fingerprint density at radius 2 is 2.19 bits per heavy atom. The normalized spacial score (nSPS) is 18.4. The molecular weight excluding hydrogens is 358 g/mol. The topological polar surface area (TPSA) is 46.5 Å². The minimum Gasteiger partial charge on any atom is -0.385 e. The maximum absolute atomic E-state index is 13.1. The molecular formula is C21H29N3O2S. The molecule has 2 amide bonds. The monoisotopic (exact) mass is 387 g/mol. The summed E-state index contributed by atoms with van der Waals surface area (Å²) in [7, 11) is 1.69. The Hall–Kier alpha value is -1.79. The molecule has 1 atom stereocenters. The summed E-state index contributed by atoms with van der Waals surface area (Å²) in [6.07, 6.45) is 8.79. The molecule has 0 saturated heterocycles. The van der Waals surface area contributed by atoms with Crippen molar-refractivity contribution in [2.75, 3.05) is 20.3 Å². The first kappa shape index (κ1) is 18.6. The Balaban J connectivity index is 1.69. The number of hydrogen-bond donors (Lipinski definition) is 1. The van der Waals surface area contributed by atoms with Gasteiger partial charge in [0.25, 0.3) is 0 Å². The van der Waals surface area contributed by atoms with Gasteiger partial charge >= 0.3 is 6.03 Å². The van der Waals surface area contributed by atoms with E-state index in [1.165, 1.54) is 46.0 Å². The van der Waals surface area contributed by atoms with Crippen LogP contribution in [0.1, 0.15) is 60.3 Å². The van der Waals surface area contributed by atoms with Gasteiger partial charge in [0.1, 0.15) is 5.00 Å². The minimum atomic E-state index is 0.0364. The molecule has 2 aromatic rings. The summed E-state index contributed by atoms with van der Waals surface area (Å²) in [4.78, 5) is 16.7. The van der Waals surface area contributed by atoms with Crippen molar-refractivity contribution in [2.45, 2.75) is 58.0 Å². The number of nitrogens with zero attached hydrogens (tertiary/aromatic N) is 2. The molecule has 0 aromatic carbocycles. The van der Waals surface area contributed by atoms with Gasteiger partial charge in [0.2, 0.25) is 0 Å². The number of carbonyl (C=O) groups is 1. The molecule has 0 radical (unpaired) electrons. The molecule has 2 aromatic heterocycles. The van der Waals surface area contributed by atoms with Crippen LogP contribution in [0, 0.1) is 0 Å². The number of rotatable bonds is 5. The Labute approximate surface area is 165 Å². The van der Waals surface area contributed by atoms with Crippen molar-refractivity contribution in [3.8, 4) is 5.00 Å². The summed E-state index contributed by atoms with van der Waals surface area (Å²) in [6, 6.07) is 4.42. The maximum Gasteiger partial charge on any atom is 0.318 e. The van der Waals surface area contributed by atoms with Gasteiger partial charge in [-0.25, -0.2) is 4.79 Å². The van der Waals surface area contributed by atoms with Gasteiger partial charge in [-0.05, 0) is 56.2 Å². The number of ether oxygens (including phenoxy) is 1. The average Bonchev–Trinajstić information content (AvgIpc) is 3.27. The number of urea groups is 1.